The molecule has 1 aromatic carbocycles. The average molecular weight is 369 g/mol. The largest absolute Gasteiger partial charge is 0.398 e. The molecule has 0 radical (unpaired) electrons. The molecule has 2 aromatic rings. The summed E-state index contributed by atoms with van der Waals surface area (Å²) in [7, 11) is 2.04. The summed E-state index contributed by atoms with van der Waals surface area (Å²) in [4.78, 5) is 11.9. The zero-order valence-electron chi connectivity index (χ0n) is 16.8. The Morgan fingerprint density at radius 3 is 2.85 bits per heavy atom. The van der Waals surface area contributed by atoms with Gasteiger partial charge in [-0.1, -0.05) is 19.4 Å². The standard InChI is InChI=1S/C21H32N6/c1-4-5-7-16-13-20(27-11-6-8-18(14-27)23-3)26-21(24-16)25-17-10-9-15(2)19(22)12-17/h9-10,12-13,18,23H,4-8,11,14,22H2,1-3H3,(H,24,25,26). The molecule has 146 valence electrons. The molecule has 0 aliphatic carbocycles. The van der Waals surface area contributed by atoms with Gasteiger partial charge in [0.1, 0.15) is 5.82 Å². The molecule has 0 saturated carbocycles. The summed E-state index contributed by atoms with van der Waals surface area (Å²) < 4.78 is 0. The second-order valence-corrected chi connectivity index (χ2v) is 7.41. The normalized spacial score (nSPS) is 17.1. The predicted molar refractivity (Wildman–Crippen MR) is 114 cm³/mol. The van der Waals surface area contributed by atoms with Gasteiger partial charge in [-0.3, -0.25) is 0 Å². The molecule has 0 bridgehead atoms. The number of piperidine rings is 1. The predicted octanol–water partition coefficient (Wildman–Crippen LogP) is 3.64. The number of aryl methyl sites for hydroxylation is 2. The number of nitrogen functional groups attached to an aromatic ring is 1. The fourth-order valence-corrected chi connectivity index (χ4v) is 3.46. The summed E-state index contributed by atoms with van der Waals surface area (Å²) in [5.74, 6) is 1.66. The SMILES string of the molecule is CCCCc1cc(N2CCCC(NC)C2)nc(Nc2ccc(C)c(N)c2)n1. The van der Waals surface area contributed by atoms with Crippen molar-refractivity contribution in [3.63, 3.8) is 0 Å². The van der Waals surface area contributed by atoms with Gasteiger partial charge in [-0.15, -0.1) is 0 Å². The van der Waals surface area contributed by atoms with Crippen molar-refractivity contribution in [2.45, 2.75) is 52.0 Å². The van der Waals surface area contributed by atoms with E-state index in [1.807, 2.05) is 32.2 Å². The van der Waals surface area contributed by atoms with Gasteiger partial charge >= 0.3 is 0 Å². The Morgan fingerprint density at radius 1 is 1.26 bits per heavy atom. The molecule has 6 nitrogen and oxygen atoms in total. The summed E-state index contributed by atoms with van der Waals surface area (Å²) in [5, 5.41) is 6.75. The van der Waals surface area contributed by atoms with E-state index in [-0.39, 0.29) is 0 Å². The van der Waals surface area contributed by atoms with Gasteiger partial charge in [0.25, 0.3) is 0 Å². The van der Waals surface area contributed by atoms with Crippen molar-refractivity contribution in [2.75, 3.05) is 36.1 Å². The Morgan fingerprint density at radius 2 is 2.11 bits per heavy atom. The molecule has 2 heterocycles. The molecule has 1 fully saturated rings. The zero-order valence-corrected chi connectivity index (χ0v) is 16.8. The van der Waals surface area contributed by atoms with Gasteiger partial charge in [0, 0.05) is 42.3 Å². The Balaban J connectivity index is 1.86. The van der Waals surface area contributed by atoms with Gasteiger partial charge in [0.15, 0.2) is 0 Å². The Bertz CT molecular complexity index is 760. The highest BCUT2D eigenvalue weighted by Gasteiger charge is 2.20. The smallest absolute Gasteiger partial charge is 0.229 e. The molecule has 4 N–H and O–H groups in total. The van der Waals surface area contributed by atoms with Crippen molar-refractivity contribution < 1.29 is 0 Å². The minimum Gasteiger partial charge on any atom is -0.398 e. The van der Waals surface area contributed by atoms with E-state index in [0.717, 1.165) is 60.8 Å². The van der Waals surface area contributed by atoms with E-state index < -0.39 is 0 Å². The maximum absolute atomic E-state index is 6.05. The Labute approximate surface area is 162 Å². The van der Waals surface area contributed by atoms with Crippen LogP contribution in [0.1, 0.15) is 43.9 Å². The highest BCUT2D eigenvalue weighted by Crippen LogP contribution is 2.24. The van der Waals surface area contributed by atoms with Crippen molar-refractivity contribution in [3.8, 4) is 0 Å². The summed E-state index contributed by atoms with van der Waals surface area (Å²) in [6.07, 6.45) is 5.65. The first-order valence-corrected chi connectivity index (χ1v) is 10.0. The lowest BCUT2D eigenvalue weighted by atomic mass is 10.1. The van der Waals surface area contributed by atoms with Crippen LogP contribution in [-0.2, 0) is 6.42 Å². The molecule has 0 spiro atoms. The van der Waals surface area contributed by atoms with Gasteiger partial charge in [-0.25, -0.2) is 4.98 Å². The summed E-state index contributed by atoms with van der Waals surface area (Å²) >= 11 is 0. The quantitative estimate of drug-likeness (QED) is 0.648. The number of rotatable bonds is 7. The number of hydrogen-bond acceptors (Lipinski definition) is 6. The van der Waals surface area contributed by atoms with Crippen molar-refractivity contribution >= 4 is 23.1 Å². The van der Waals surface area contributed by atoms with E-state index in [2.05, 4.69) is 28.5 Å². The van der Waals surface area contributed by atoms with Crippen LogP contribution in [0.4, 0.5) is 23.1 Å². The first-order chi connectivity index (χ1) is 13.1. The average Bonchev–Trinajstić information content (AvgIpc) is 2.69. The van der Waals surface area contributed by atoms with Gasteiger partial charge in [-0.2, -0.15) is 4.98 Å². The molecule has 1 aliphatic rings. The van der Waals surface area contributed by atoms with Crippen LogP contribution >= 0.6 is 0 Å². The van der Waals surface area contributed by atoms with Gasteiger partial charge in [0.2, 0.25) is 5.95 Å². The number of aromatic nitrogens is 2. The number of hydrogen-bond donors (Lipinski definition) is 3. The number of nitrogens with two attached hydrogens (primary N) is 1. The molecule has 1 saturated heterocycles. The van der Waals surface area contributed by atoms with Crippen LogP contribution in [0, 0.1) is 6.92 Å². The van der Waals surface area contributed by atoms with Crippen LogP contribution in [0.3, 0.4) is 0 Å². The number of unbranched alkanes of at least 4 members (excludes halogenated alkanes) is 1. The first kappa shape index (κ1) is 19.4. The summed E-state index contributed by atoms with van der Waals surface area (Å²) in [5.41, 5.74) is 9.91. The van der Waals surface area contributed by atoms with Crippen molar-refractivity contribution in [2.24, 2.45) is 0 Å². The first-order valence-electron chi connectivity index (χ1n) is 10.0. The Hall–Kier alpha value is -2.34. The summed E-state index contributed by atoms with van der Waals surface area (Å²) in [6, 6.07) is 8.64. The van der Waals surface area contributed by atoms with Crippen LogP contribution in [0.2, 0.25) is 0 Å². The number of nitrogens with one attached hydrogen (secondary N) is 2. The fraction of sp³-hybridized carbons (Fsp3) is 0.524. The molecular formula is C21H32N6. The zero-order chi connectivity index (χ0) is 19.2. The molecule has 1 aromatic heterocycles. The molecule has 1 aliphatic heterocycles. The number of benzene rings is 1. The molecule has 27 heavy (non-hydrogen) atoms. The lowest BCUT2D eigenvalue weighted by molar-refractivity contribution is 0.447. The van der Waals surface area contributed by atoms with Crippen LogP contribution in [0.5, 0.6) is 0 Å². The van der Waals surface area contributed by atoms with Gasteiger partial charge in [-0.05, 0) is 57.4 Å². The van der Waals surface area contributed by atoms with Crippen LogP contribution < -0.4 is 21.3 Å². The van der Waals surface area contributed by atoms with Crippen molar-refractivity contribution in [3.05, 3.63) is 35.5 Å². The Kier molecular flexibility index (Phi) is 6.50. The highest BCUT2D eigenvalue weighted by molar-refractivity contribution is 5.63. The van der Waals surface area contributed by atoms with Crippen molar-refractivity contribution in [1.29, 1.82) is 0 Å². The number of nitrogens with zero attached hydrogens (tertiary/aromatic N) is 3. The minimum absolute atomic E-state index is 0.515. The van der Waals surface area contributed by atoms with Crippen LogP contribution in [0.25, 0.3) is 0 Å². The molecule has 1 atom stereocenters. The second-order valence-electron chi connectivity index (χ2n) is 7.41. The van der Waals surface area contributed by atoms with E-state index in [1.165, 1.54) is 12.8 Å². The lowest BCUT2D eigenvalue weighted by Gasteiger charge is -2.33. The van der Waals surface area contributed by atoms with E-state index >= 15 is 0 Å². The van der Waals surface area contributed by atoms with E-state index in [9.17, 15) is 0 Å². The topological polar surface area (TPSA) is 79.1 Å². The van der Waals surface area contributed by atoms with Crippen LogP contribution in [0.15, 0.2) is 24.3 Å². The van der Waals surface area contributed by atoms with E-state index in [0.29, 0.717) is 12.0 Å². The molecule has 1 unspecified atom stereocenters. The lowest BCUT2D eigenvalue weighted by Crippen LogP contribution is -2.44. The number of likely N-dealkylation sites (N-methyl/N-ethyl adjacent to an activating group) is 1. The maximum Gasteiger partial charge on any atom is 0.229 e. The monoisotopic (exact) mass is 368 g/mol. The van der Waals surface area contributed by atoms with E-state index in [4.69, 9.17) is 15.7 Å². The third-order valence-electron chi connectivity index (χ3n) is 5.24. The van der Waals surface area contributed by atoms with Gasteiger partial charge < -0.3 is 21.3 Å². The highest BCUT2D eigenvalue weighted by atomic mass is 15.2. The third kappa shape index (κ3) is 5.10. The minimum atomic E-state index is 0.515. The third-order valence-corrected chi connectivity index (χ3v) is 5.24. The van der Waals surface area contributed by atoms with Gasteiger partial charge in [0.05, 0.1) is 0 Å². The molecular weight excluding hydrogens is 336 g/mol. The molecule has 3 rings (SSSR count). The molecule has 0 amide bonds. The molecule has 6 heteroatoms. The number of anilines is 4. The van der Waals surface area contributed by atoms with Crippen LogP contribution in [-0.4, -0.2) is 36.1 Å². The second kappa shape index (κ2) is 9.04. The van der Waals surface area contributed by atoms with E-state index in [1.54, 1.807) is 0 Å². The fourth-order valence-electron chi connectivity index (χ4n) is 3.46. The maximum atomic E-state index is 6.05. The summed E-state index contributed by atoms with van der Waals surface area (Å²) in [6.45, 7) is 6.24. The van der Waals surface area contributed by atoms with Crippen molar-refractivity contribution in [1.82, 2.24) is 15.3 Å².